The lowest BCUT2D eigenvalue weighted by molar-refractivity contribution is -0.167. The fourth-order valence-electron chi connectivity index (χ4n) is 4.39. The van der Waals surface area contributed by atoms with Gasteiger partial charge >= 0.3 is 17.9 Å². The first-order valence-electron chi connectivity index (χ1n) is 13.6. The van der Waals surface area contributed by atoms with Crippen LogP contribution in [0.3, 0.4) is 0 Å². The van der Waals surface area contributed by atoms with Crippen molar-refractivity contribution in [2.45, 2.75) is 91.8 Å². The predicted molar refractivity (Wildman–Crippen MR) is 150 cm³/mol. The van der Waals surface area contributed by atoms with Gasteiger partial charge in [0.05, 0.1) is 17.9 Å². The first-order valence-corrected chi connectivity index (χ1v) is 13.6. The Hall–Kier alpha value is -3.26. The van der Waals surface area contributed by atoms with Crippen LogP contribution in [0.15, 0.2) is 58.8 Å². The smallest absolute Gasteiger partial charge is 0.365 e. The Morgan fingerprint density at radius 2 is 1.85 bits per heavy atom. The topological polar surface area (TPSA) is 100 Å². The summed E-state index contributed by atoms with van der Waals surface area (Å²) in [5, 5.41) is 4.25. The van der Waals surface area contributed by atoms with Gasteiger partial charge in [-0.25, -0.2) is 4.79 Å². The molecule has 1 aromatic carbocycles. The summed E-state index contributed by atoms with van der Waals surface area (Å²) in [7, 11) is 0. The van der Waals surface area contributed by atoms with Crippen LogP contribution in [0, 0.1) is 5.92 Å². The van der Waals surface area contributed by atoms with Crippen LogP contribution in [-0.2, 0) is 28.6 Å². The van der Waals surface area contributed by atoms with E-state index in [4.69, 9.17) is 19.0 Å². The van der Waals surface area contributed by atoms with Crippen molar-refractivity contribution in [2.24, 2.45) is 11.1 Å². The lowest BCUT2D eigenvalue weighted by Crippen LogP contribution is -2.43. The SMILES string of the molecule is CC(=O)OCC=C1CC[C@@H](OC(C)=O)[C@](C)(CCCC(C)C(CC=C(C)C)=NOC(=O)c2ccccc2)OC1. The first-order chi connectivity index (χ1) is 18.5. The molecule has 0 saturated carbocycles. The van der Waals surface area contributed by atoms with E-state index in [-0.39, 0.29) is 24.5 Å². The minimum atomic E-state index is -0.667. The maximum Gasteiger partial charge on any atom is 0.365 e. The minimum absolute atomic E-state index is 0.0601. The average Bonchev–Trinajstić information content (AvgIpc) is 3.02. The quantitative estimate of drug-likeness (QED) is 0.0999. The van der Waals surface area contributed by atoms with Gasteiger partial charge in [0.2, 0.25) is 0 Å². The summed E-state index contributed by atoms with van der Waals surface area (Å²) in [6, 6.07) is 8.80. The molecule has 1 heterocycles. The van der Waals surface area contributed by atoms with Gasteiger partial charge in [0.25, 0.3) is 0 Å². The molecule has 1 saturated heterocycles. The monoisotopic (exact) mass is 541 g/mol. The number of nitrogens with zero attached hydrogens (tertiary/aromatic N) is 1. The Kier molecular flexibility index (Phi) is 13.1. The number of esters is 2. The van der Waals surface area contributed by atoms with E-state index < -0.39 is 17.7 Å². The molecule has 3 atom stereocenters. The second kappa shape index (κ2) is 16.0. The second-order valence-corrected chi connectivity index (χ2v) is 10.5. The number of oxime groups is 1. The van der Waals surface area contributed by atoms with Crippen LogP contribution in [-0.4, -0.2) is 48.5 Å². The van der Waals surface area contributed by atoms with E-state index in [2.05, 4.69) is 18.2 Å². The highest BCUT2D eigenvalue weighted by Gasteiger charge is 2.39. The Balaban J connectivity index is 2.07. The first kappa shape index (κ1) is 32.0. The molecule has 1 aromatic rings. The van der Waals surface area contributed by atoms with Crippen LogP contribution in [0.2, 0.25) is 0 Å². The van der Waals surface area contributed by atoms with Gasteiger partial charge in [-0.2, -0.15) is 0 Å². The number of hydrogen-bond donors (Lipinski definition) is 0. The zero-order chi connectivity index (χ0) is 28.8. The highest BCUT2D eigenvalue weighted by molar-refractivity contribution is 5.91. The summed E-state index contributed by atoms with van der Waals surface area (Å²) < 4.78 is 17.1. The third kappa shape index (κ3) is 11.6. The van der Waals surface area contributed by atoms with E-state index in [0.717, 1.165) is 29.7 Å². The standard InChI is InChI=1S/C31H43NO7/c1-22(2)14-16-28(32-39-30(35)27-12-8-7-9-13-27)23(3)11-10-19-31(6)29(38-25(5)34)17-15-26(21-37-31)18-20-36-24(4)33/h7-9,12-14,18,23,29H,10-11,15-17,19-21H2,1-6H3/t23?,29-,31+/m1/s1. The number of carbonyl (C=O) groups excluding carboxylic acids is 3. The predicted octanol–water partition coefficient (Wildman–Crippen LogP) is 6.35. The van der Waals surface area contributed by atoms with Gasteiger partial charge in [-0.3, -0.25) is 9.59 Å². The Morgan fingerprint density at radius 1 is 1.13 bits per heavy atom. The minimum Gasteiger partial charge on any atom is -0.462 e. The zero-order valence-electron chi connectivity index (χ0n) is 24.2. The number of benzene rings is 1. The molecule has 0 bridgehead atoms. The molecule has 8 heteroatoms. The highest BCUT2D eigenvalue weighted by atomic mass is 16.7. The molecule has 0 amide bonds. The average molecular weight is 542 g/mol. The van der Waals surface area contributed by atoms with E-state index in [0.29, 0.717) is 37.9 Å². The molecular weight excluding hydrogens is 498 g/mol. The largest absolute Gasteiger partial charge is 0.462 e. The van der Waals surface area contributed by atoms with Gasteiger partial charge in [-0.05, 0) is 82.6 Å². The Labute approximate surface area is 232 Å². The summed E-state index contributed by atoms with van der Waals surface area (Å²) in [6.45, 7) is 11.5. The van der Waals surface area contributed by atoms with Crippen molar-refractivity contribution in [3.05, 3.63) is 59.2 Å². The lowest BCUT2D eigenvalue weighted by atomic mass is 9.87. The molecule has 1 fully saturated rings. The van der Waals surface area contributed by atoms with Crippen molar-refractivity contribution in [2.75, 3.05) is 13.2 Å². The molecule has 1 aliphatic heterocycles. The van der Waals surface area contributed by atoms with Crippen molar-refractivity contribution in [3.8, 4) is 0 Å². The van der Waals surface area contributed by atoms with Crippen LogP contribution < -0.4 is 0 Å². The van der Waals surface area contributed by atoms with Gasteiger partial charge in [-0.15, -0.1) is 0 Å². The molecule has 39 heavy (non-hydrogen) atoms. The van der Waals surface area contributed by atoms with Crippen LogP contribution in [0.5, 0.6) is 0 Å². The van der Waals surface area contributed by atoms with Crippen molar-refractivity contribution in [3.63, 3.8) is 0 Å². The molecule has 0 aromatic heterocycles. The number of rotatable bonds is 12. The van der Waals surface area contributed by atoms with Gasteiger partial charge < -0.3 is 19.0 Å². The van der Waals surface area contributed by atoms with E-state index in [9.17, 15) is 14.4 Å². The normalized spacial score (nSPS) is 21.4. The van der Waals surface area contributed by atoms with Gasteiger partial charge in [-0.1, -0.05) is 41.9 Å². The number of allylic oxidation sites excluding steroid dienone is 2. The summed E-state index contributed by atoms with van der Waals surface area (Å²) in [5.41, 5.74) is 2.75. The van der Waals surface area contributed by atoms with Gasteiger partial charge in [0.1, 0.15) is 18.3 Å². The molecule has 0 spiro atoms. The maximum atomic E-state index is 12.4. The van der Waals surface area contributed by atoms with Crippen molar-refractivity contribution < 1.29 is 33.4 Å². The van der Waals surface area contributed by atoms with E-state index in [1.54, 1.807) is 24.3 Å². The molecule has 0 radical (unpaired) electrons. The van der Waals surface area contributed by atoms with Crippen LogP contribution in [0.1, 0.15) is 90.4 Å². The van der Waals surface area contributed by atoms with E-state index >= 15 is 0 Å². The Morgan fingerprint density at radius 3 is 2.49 bits per heavy atom. The molecule has 2 rings (SSSR count). The third-order valence-corrected chi connectivity index (χ3v) is 6.82. The molecule has 0 aliphatic carbocycles. The highest BCUT2D eigenvalue weighted by Crippen LogP contribution is 2.34. The van der Waals surface area contributed by atoms with E-state index in [1.807, 2.05) is 32.9 Å². The van der Waals surface area contributed by atoms with Crippen molar-refractivity contribution in [1.29, 1.82) is 0 Å². The maximum absolute atomic E-state index is 12.4. The fraction of sp³-hybridized carbons (Fsp3) is 0.548. The number of ether oxygens (including phenoxy) is 3. The zero-order valence-corrected chi connectivity index (χ0v) is 24.2. The second-order valence-electron chi connectivity index (χ2n) is 10.5. The summed E-state index contributed by atoms with van der Waals surface area (Å²) in [5.74, 6) is -1.10. The molecule has 0 N–H and O–H groups in total. The molecule has 8 nitrogen and oxygen atoms in total. The van der Waals surface area contributed by atoms with Crippen molar-refractivity contribution in [1.82, 2.24) is 0 Å². The van der Waals surface area contributed by atoms with Crippen LogP contribution in [0.4, 0.5) is 0 Å². The van der Waals surface area contributed by atoms with Gasteiger partial charge in [0.15, 0.2) is 0 Å². The molecule has 1 unspecified atom stereocenters. The van der Waals surface area contributed by atoms with Crippen LogP contribution >= 0.6 is 0 Å². The van der Waals surface area contributed by atoms with Crippen molar-refractivity contribution >= 4 is 23.6 Å². The molecular formula is C31H43NO7. The number of carbonyl (C=O) groups is 3. The summed E-state index contributed by atoms with van der Waals surface area (Å²) in [4.78, 5) is 40.7. The third-order valence-electron chi connectivity index (χ3n) is 6.82. The number of hydrogen-bond acceptors (Lipinski definition) is 8. The summed E-state index contributed by atoms with van der Waals surface area (Å²) >= 11 is 0. The Bertz CT molecular complexity index is 1060. The van der Waals surface area contributed by atoms with Gasteiger partial charge in [0, 0.05) is 20.3 Å². The summed E-state index contributed by atoms with van der Waals surface area (Å²) in [6.07, 6.45) is 7.71. The molecule has 214 valence electrons. The molecule has 1 aliphatic rings. The van der Waals surface area contributed by atoms with E-state index in [1.165, 1.54) is 13.8 Å². The van der Waals surface area contributed by atoms with Crippen LogP contribution in [0.25, 0.3) is 0 Å². The fourth-order valence-corrected chi connectivity index (χ4v) is 4.39. The lowest BCUT2D eigenvalue weighted by Gasteiger charge is -2.35.